The molecule has 29 heavy (non-hydrogen) atoms. The average Bonchev–Trinajstić information content (AvgIpc) is 2.60. The maximum Gasteiger partial charge on any atom is 0.418 e. The van der Waals surface area contributed by atoms with E-state index in [2.05, 4.69) is 16.0 Å². The number of urea groups is 1. The number of anilines is 1. The third kappa shape index (κ3) is 4.49. The minimum atomic E-state index is -4.65. The van der Waals surface area contributed by atoms with E-state index in [-0.39, 0.29) is 16.3 Å². The maximum atomic E-state index is 13.2. The zero-order valence-corrected chi connectivity index (χ0v) is 16.3. The number of hydrogen-bond acceptors (Lipinski definition) is 2. The molecule has 2 aromatic rings. The van der Waals surface area contributed by atoms with Gasteiger partial charge in [-0.25, -0.2) is 4.79 Å². The van der Waals surface area contributed by atoms with Gasteiger partial charge >= 0.3 is 12.2 Å². The van der Waals surface area contributed by atoms with Crippen LogP contribution in [0.3, 0.4) is 0 Å². The van der Waals surface area contributed by atoms with Crippen molar-refractivity contribution in [1.82, 2.24) is 10.6 Å². The molecule has 0 spiro atoms. The van der Waals surface area contributed by atoms with Gasteiger partial charge in [0.1, 0.15) is 0 Å². The van der Waals surface area contributed by atoms with E-state index in [1.54, 1.807) is 0 Å². The van der Waals surface area contributed by atoms with Gasteiger partial charge in [-0.3, -0.25) is 4.79 Å². The molecule has 0 aliphatic carbocycles. The Hall–Kier alpha value is -2.71. The molecule has 2 aromatic carbocycles. The number of alkyl halides is 3. The van der Waals surface area contributed by atoms with Crippen molar-refractivity contribution in [3.63, 3.8) is 0 Å². The Labute approximate surface area is 173 Å². The summed E-state index contributed by atoms with van der Waals surface area (Å²) in [6, 6.07) is 7.56. The lowest BCUT2D eigenvalue weighted by Gasteiger charge is -2.29. The molecular formula is C19H14Cl2F3N3O2. The average molecular weight is 444 g/mol. The van der Waals surface area contributed by atoms with Crippen LogP contribution in [-0.4, -0.2) is 11.9 Å². The summed E-state index contributed by atoms with van der Waals surface area (Å²) in [6.07, 6.45) is -4.65. The molecule has 1 atom stereocenters. The molecule has 0 radical (unpaired) electrons. The first kappa shape index (κ1) is 21.0. The lowest BCUT2D eigenvalue weighted by atomic mass is 9.94. The summed E-state index contributed by atoms with van der Waals surface area (Å²) >= 11 is 12.1. The van der Waals surface area contributed by atoms with Crippen molar-refractivity contribution >= 4 is 40.8 Å². The molecule has 152 valence electrons. The van der Waals surface area contributed by atoms with Gasteiger partial charge in [0, 0.05) is 15.7 Å². The van der Waals surface area contributed by atoms with Crippen molar-refractivity contribution in [2.24, 2.45) is 0 Å². The number of halogens is 5. The van der Waals surface area contributed by atoms with Crippen molar-refractivity contribution in [2.45, 2.75) is 19.1 Å². The summed E-state index contributed by atoms with van der Waals surface area (Å²) in [6.45, 7) is 1.47. The first-order valence-corrected chi connectivity index (χ1v) is 9.04. The quantitative estimate of drug-likeness (QED) is 0.603. The van der Waals surface area contributed by atoms with Crippen LogP contribution in [-0.2, 0) is 11.0 Å². The summed E-state index contributed by atoms with van der Waals surface area (Å²) < 4.78 is 39.7. The predicted octanol–water partition coefficient (Wildman–Crippen LogP) is 5.28. The normalized spacial score (nSPS) is 16.9. The molecule has 0 fully saturated rings. The molecule has 10 heteroatoms. The van der Waals surface area contributed by atoms with Gasteiger partial charge in [-0.15, -0.1) is 0 Å². The molecule has 0 saturated carbocycles. The largest absolute Gasteiger partial charge is 0.418 e. The van der Waals surface area contributed by atoms with Gasteiger partial charge in [0.2, 0.25) is 0 Å². The molecule has 1 heterocycles. The Morgan fingerprint density at radius 3 is 2.48 bits per heavy atom. The number of carbonyl (C=O) groups is 2. The van der Waals surface area contributed by atoms with Crippen LogP contribution in [0.15, 0.2) is 53.7 Å². The van der Waals surface area contributed by atoms with Crippen LogP contribution in [0.4, 0.5) is 23.7 Å². The van der Waals surface area contributed by atoms with Crippen molar-refractivity contribution < 1.29 is 22.8 Å². The van der Waals surface area contributed by atoms with E-state index in [0.717, 1.165) is 12.1 Å². The van der Waals surface area contributed by atoms with Crippen molar-refractivity contribution in [3.8, 4) is 0 Å². The smallest absolute Gasteiger partial charge is 0.327 e. The first-order valence-electron chi connectivity index (χ1n) is 8.28. The fourth-order valence-corrected chi connectivity index (χ4v) is 3.51. The third-order valence-electron chi connectivity index (χ3n) is 4.27. The molecule has 3 rings (SSSR count). The minimum absolute atomic E-state index is 0.0193. The molecule has 1 aliphatic rings. The molecule has 3 amide bonds. The maximum absolute atomic E-state index is 13.2. The number of carbonyl (C=O) groups excluding carboxylic acids is 2. The lowest BCUT2D eigenvalue weighted by Crippen LogP contribution is -2.46. The van der Waals surface area contributed by atoms with Gasteiger partial charge in [-0.05, 0) is 36.8 Å². The van der Waals surface area contributed by atoms with Crippen molar-refractivity contribution in [3.05, 3.63) is 74.9 Å². The lowest BCUT2D eigenvalue weighted by molar-refractivity contribution is -0.137. The van der Waals surface area contributed by atoms with Gasteiger partial charge in [0.15, 0.2) is 0 Å². The van der Waals surface area contributed by atoms with Crippen LogP contribution in [0, 0.1) is 0 Å². The molecule has 1 aliphatic heterocycles. The van der Waals surface area contributed by atoms with Crippen LogP contribution in [0.2, 0.25) is 10.0 Å². The Balaban J connectivity index is 2.01. The van der Waals surface area contributed by atoms with Crippen LogP contribution in [0.1, 0.15) is 24.1 Å². The number of rotatable bonds is 3. The number of amides is 3. The van der Waals surface area contributed by atoms with Crippen LogP contribution >= 0.6 is 23.2 Å². The standard InChI is InChI=1S/C19H14Cl2F3N3O2/c1-9-15(17(28)26-14-5-3-2-4-12(14)19(22,23)24)16(27-18(29)25-9)11-7-6-10(20)8-13(11)21/h2-8,16H,1H3,(H,26,28)(H2,25,27,29). The summed E-state index contributed by atoms with van der Waals surface area (Å²) in [5.41, 5.74) is -0.805. The summed E-state index contributed by atoms with van der Waals surface area (Å²) in [4.78, 5) is 24.9. The number of nitrogens with one attached hydrogen (secondary N) is 3. The Bertz CT molecular complexity index is 1020. The minimum Gasteiger partial charge on any atom is -0.327 e. The number of hydrogen-bond donors (Lipinski definition) is 3. The Morgan fingerprint density at radius 2 is 1.83 bits per heavy atom. The van der Waals surface area contributed by atoms with Crippen molar-refractivity contribution in [1.29, 1.82) is 0 Å². The zero-order valence-electron chi connectivity index (χ0n) is 14.8. The third-order valence-corrected chi connectivity index (χ3v) is 4.83. The second kappa shape index (κ2) is 7.96. The SMILES string of the molecule is CC1=C(C(=O)Nc2ccccc2C(F)(F)F)C(c2ccc(Cl)cc2Cl)NC(=O)N1. The van der Waals surface area contributed by atoms with E-state index >= 15 is 0 Å². The zero-order chi connectivity index (χ0) is 21.3. The molecular weight excluding hydrogens is 430 g/mol. The Morgan fingerprint density at radius 1 is 1.14 bits per heavy atom. The van der Waals surface area contributed by atoms with Gasteiger partial charge < -0.3 is 16.0 Å². The Kier molecular flexibility index (Phi) is 5.77. The summed E-state index contributed by atoms with van der Waals surface area (Å²) in [5, 5.41) is 7.85. The van der Waals surface area contributed by atoms with Crippen molar-refractivity contribution in [2.75, 3.05) is 5.32 Å². The van der Waals surface area contributed by atoms with Gasteiger partial charge in [0.25, 0.3) is 5.91 Å². The second-order valence-corrected chi connectivity index (χ2v) is 7.08. The highest BCUT2D eigenvalue weighted by atomic mass is 35.5. The van der Waals surface area contributed by atoms with Gasteiger partial charge in [-0.2, -0.15) is 13.2 Å². The fourth-order valence-electron chi connectivity index (χ4n) is 2.99. The van der Waals surface area contributed by atoms with Crippen LogP contribution in [0.5, 0.6) is 0 Å². The number of para-hydroxylation sites is 1. The molecule has 5 nitrogen and oxygen atoms in total. The van der Waals surface area contributed by atoms with E-state index in [0.29, 0.717) is 10.6 Å². The first-order chi connectivity index (χ1) is 13.6. The highest BCUT2D eigenvalue weighted by molar-refractivity contribution is 6.35. The summed E-state index contributed by atoms with van der Waals surface area (Å²) in [7, 11) is 0. The van der Waals surface area contributed by atoms with E-state index in [1.807, 2.05) is 0 Å². The monoisotopic (exact) mass is 443 g/mol. The molecule has 0 bridgehead atoms. The highest BCUT2D eigenvalue weighted by Crippen LogP contribution is 2.37. The molecule has 0 aromatic heterocycles. The number of benzene rings is 2. The molecule has 3 N–H and O–H groups in total. The van der Waals surface area contributed by atoms with Gasteiger partial charge in [0.05, 0.1) is 22.9 Å². The second-order valence-electron chi connectivity index (χ2n) is 6.23. The highest BCUT2D eigenvalue weighted by Gasteiger charge is 2.36. The van der Waals surface area contributed by atoms with E-state index < -0.39 is 35.4 Å². The van der Waals surface area contributed by atoms with E-state index in [1.165, 1.54) is 37.3 Å². The fraction of sp³-hybridized carbons (Fsp3) is 0.158. The molecule has 0 saturated heterocycles. The molecule has 1 unspecified atom stereocenters. The van der Waals surface area contributed by atoms with Gasteiger partial charge in [-0.1, -0.05) is 41.4 Å². The number of allylic oxidation sites excluding steroid dienone is 1. The summed E-state index contributed by atoms with van der Waals surface area (Å²) in [5.74, 6) is -0.817. The van der Waals surface area contributed by atoms with Crippen LogP contribution in [0.25, 0.3) is 0 Å². The van der Waals surface area contributed by atoms with Crippen LogP contribution < -0.4 is 16.0 Å². The van der Waals surface area contributed by atoms with E-state index in [4.69, 9.17) is 23.2 Å². The topological polar surface area (TPSA) is 70.2 Å². The predicted molar refractivity (Wildman–Crippen MR) is 104 cm³/mol. The van der Waals surface area contributed by atoms with E-state index in [9.17, 15) is 22.8 Å².